The maximum Gasteiger partial charge on any atom is 0.328 e. The molecule has 0 fully saturated rings. The highest BCUT2D eigenvalue weighted by molar-refractivity contribution is 5.89. The molecule has 0 bridgehead atoms. The molecule has 4 N–H and O–H groups in total. The number of aliphatic carboxylic acids is 2. The Kier molecular flexibility index (Phi) is 9.57. The molecule has 158 valence electrons. The third-order valence-corrected chi connectivity index (χ3v) is 3.28. The van der Waals surface area contributed by atoms with E-state index in [9.17, 15) is 14.7 Å². The zero-order valence-electron chi connectivity index (χ0n) is 16.6. The molecule has 0 radical (unpaired) electrons. The highest BCUT2D eigenvalue weighted by atomic mass is 16.5. The first-order chi connectivity index (χ1) is 13.6. The maximum absolute atomic E-state index is 9.97. The van der Waals surface area contributed by atoms with Crippen LogP contribution in [0.4, 0.5) is 0 Å². The third kappa shape index (κ3) is 10.7. The largest absolute Gasteiger partial charge is 0.478 e. The molecule has 2 rings (SSSR count). The van der Waals surface area contributed by atoms with Crippen molar-refractivity contribution in [3.8, 4) is 11.6 Å². The highest BCUT2D eigenvalue weighted by Gasteiger charge is 2.14. The third-order valence-electron chi connectivity index (χ3n) is 3.28. The first-order valence-electron chi connectivity index (χ1n) is 8.86. The van der Waals surface area contributed by atoms with Gasteiger partial charge in [0.25, 0.3) is 0 Å². The summed E-state index contributed by atoms with van der Waals surface area (Å²) >= 11 is 0. The van der Waals surface area contributed by atoms with Crippen molar-refractivity contribution in [1.82, 2.24) is 14.9 Å². The second-order valence-corrected chi connectivity index (χ2v) is 7.02. The van der Waals surface area contributed by atoms with Gasteiger partial charge in [0.1, 0.15) is 18.4 Å². The topological polar surface area (TPSA) is 134 Å². The molecule has 1 atom stereocenters. The Labute approximate surface area is 169 Å². The van der Waals surface area contributed by atoms with E-state index in [0.717, 1.165) is 5.69 Å². The molecule has 29 heavy (non-hydrogen) atoms. The lowest BCUT2D eigenvalue weighted by molar-refractivity contribution is -0.134. The van der Waals surface area contributed by atoms with Gasteiger partial charge in [-0.25, -0.2) is 14.6 Å². The normalized spacial score (nSPS) is 12.1. The van der Waals surface area contributed by atoms with Crippen LogP contribution in [-0.2, 0) is 9.59 Å². The number of aromatic nitrogens is 2. The van der Waals surface area contributed by atoms with E-state index in [1.165, 1.54) is 0 Å². The van der Waals surface area contributed by atoms with E-state index in [4.69, 9.17) is 14.9 Å². The zero-order chi connectivity index (χ0) is 21.9. The molecule has 2 heterocycles. The number of hydrogen-bond donors (Lipinski definition) is 4. The van der Waals surface area contributed by atoms with Crippen molar-refractivity contribution in [3.63, 3.8) is 0 Å². The van der Waals surface area contributed by atoms with E-state index in [2.05, 4.69) is 31.1 Å². The van der Waals surface area contributed by atoms with Crippen LogP contribution in [0.2, 0.25) is 0 Å². The summed E-state index contributed by atoms with van der Waals surface area (Å²) in [7, 11) is 0. The number of pyridine rings is 1. The second kappa shape index (κ2) is 11.6. The van der Waals surface area contributed by atoms with Crippen LogP contribution >= 0.6 is 0 Å². The summed E-state index contributed by atoms with van der Waals surface area (Å²) < 4.78 is 7.60. The molecule has 0 aromatic carbocycles. The molecule has 0 amide bonds. The molecular formula is C20H27N3O6. The van der Waals surface area contributed by atoms with Crippen LogP contribution in [0.1, 0.15) is 20.8 Å². The number of aliphatic hydroxyl groups is 1. The van der Waals surface area contributed by atoms with Crippen molar-refractivity contribution in [2.75, 3.05) is 13.2 Å². The van der Waals surface area contributed by atoms with Crippen LogP contribution in [0.25, 0.3) is 5.69 Å². The molecule has 0 aliphatic carbocycles. The molecule has 2 aromatic heterocycles. The standard InChI is InChI=1S/C16H23N3O2.C4H4O4/c1-16(2,3)18-11-13(20)12-21-15-14(7-6-8-17-15)19-9-4-5-10-19;5-3(6)1-2-4(7)8/h4-10,13,18,20H,11-12H2,1-3H3;1-2H,(H,5,6)(H,7,8). The number of ether oxygens (including phenoxy) is 1. The number of nitrogens with zero attached hydrogens (tertiary/aromatic N) is 2. The van der Waals surface area contributed by atoms with Crippen LogP contribution in [0, 0.1) is 0 Å². The average molecular weight is 405 g/mol. The number of rotatable bonds is 8. The lowest BCUT2D eigenvalue weighted by Crippen LogP contribution is -2.42. The maximum atomic E-state index is 9.97. The van der Waals surface area contributed by atoms with E-state index in [1.807, 2.05) is 41.2 Å². The number of aliphatic hydroxyl groups excluding tert-OH is 1. The molecule has 0 saturated heterocycles. The molecular weight excluding hydrogens is 378 g/mol. The van der Waals surface area contributed by atoms with Gasteiger partial charge < -0.3 is 29.9 Å². The van der Waals surface area contributed by atoms with E-state index in [1.54, 1.807) is 6.20 Å². The van der Waals surface area contributed by atoms with Gasteiger partial charge in [0.2, 0.25) is 5.88 Å². The minimum atomic E-state index is -1.26. The number of carboxylic acid groups (broad SMARTS) is 2. The van der Waals surface area contributed by atoms with Gasteiger partial charge in [0.05, 0.1) is 0 Å². The summed E-state index contributed by atoms with van der Waals surface area (Å²) in [5, 5.41) is 28.8. The van der Waals surface area contributed by atoms with E-state index in [0.29, 0.717) is 24.6 Å². The predicted molar refractivity (Wildman–Crippen MR) is 107 cm³/mol. The van der Waals surface area contributed by atoms with Crippen LogP contribution in [-0.4, -0.2) is 61.6 Å². The summed E-state index contributed by atoms with van der Waals surface area (Å²) in [6.45, 7) is 6.86. The highest BCUT2D eigenvalue weighted by Crippen LogP contribution is 2.19. The molecule has 0 aliphatic heterocycles. The molecule has 0 aliphatic rings. The fourth-order valence-electron chi connectivity index (χ4n) is 1.99. The monoisotopic (exact) mass is 405 g/mol. The Hall–Kier alpha value is -3.17. The van der Waals surface area contributed by atoms with Gasteiger partial charge in [-0.1, -0.05) is 0 Å². The van der Waals surface area contributed by atoms with Crippen molar-refractivity contribution in [2.45, 2.75) is 32.4 Å². The minimum absolute atomic E-state index is 0.0255. The first kappa shape index (κ1) is 23.9. The van der Waals surface area contributed by atoms with Gasteiger partial charge >= 0.3 is 11.9 Å². The molecule has 0 spiro atoms. The summed E-state index contributed by atoms with van der Waals surface area (Å²) in [5.74, 6) is -2.00. The van der Waals surface area contributed by atoms with E-state index in [-0.39, 0.29) is 12.1 Å². The fraction of sp³-hybridized carbons (Fsp3) is 0.350. The average Bonchev–Trinajstić information content (AvgIpc) is 3.18. The Bertz CT molecular complexity index is 781. The summed E-state index contributed by atoms with van der Waals surface area (Å²) in [6.07, 6.45) is 6.08. The Morgan fingerprint density at radius 3 is 2.28 bits per heavy atom. The first-order valence-corrected chi connectivity index (χ1v) is 8.86. The van der Waals surface area contributed by atoms with Crippen molar-refractivity contribution in [2.24, 2.45) is 0 Å². The van der Waals surface area contributed by atoms with Crippen molar-refractivity contribution >= 4 is 11.9 Å². The lowest BCUT2D eigenvalue weighted by atomic mass is 10.1. The molecule has 9 heteroatoms. The summed E-state index contributed by atoms with van der Waals surface area (Å²) in [5.41, 5.74) is 0.834. The SMILES string of the molecule is CC(C)(C)NCC(O)COc1ncccc1-n1cccc1.O=C(O)C=CC(=O)O. The number of β-amino-alcohol motifs (C(OH)–C–C–N with tert-alkyl or cyclic N) is 1. The Balaban J connectivity index is 0.000000447. The predicted octanol–water partition coefficient (Wildman–Crippen LogP) is 1.71. The fourth-order valence-corrected chi connectivity index (χ4v) is 1.99. The lowest BCUT2D eigenvalue weighted by Gasteiger charge is -2.23. The van der Waals surface area contributed by atoms with Crippen molar-refractivity contribution < 1.29 is 29.6 Å². The van der Waals surface area contributed by atoms with Crippen LogP contribution < -0.4 is 10.1 Å². The van der Waals surface area contributed by atoms with Crippen LogP contribution in [0.5, 0.6) is 5.88 Å². The molecule has 1 unspecified atom stereocenters. The van der Waals surface area contributed by atoms with E-state index < -0.39 is 18.0 Å². The number of carboxylic acids is 2. The van der Waals surface area contributed by atoms with Gasteiger partial charge in [-0.15, -0.1) is 0 Å². The van der Waals surface area contributed by atoms with Crippen LogP contribution in [0.15, 0.2) is 55.0 Å². The number of nitrogens with one attached hydrogen (secondary N) is 1. The van der Waals surface area contributed by atoms with Gasteiger partial charge in [0.15, 0.2) is 0 Å². The van der Waals surface area contributed by atoms with Gasteiger partial charge in [-0.2, -0.15) is 0 Å². The molecule has 9 nitrogen and oxygen atoms in total. The Morgan fingerprint density at radius 2 is 1.76 bits per heavy atom. The van der Waals surface area contributed by atoms with E-state index >= 15 is 0 Å². The minimum Gasteiger partial charge on any atom is -0.478 e. The second-order valence-electron chi connectivity index (χ2n) is 7.02. The van der Waals surface area contributed by atoms with Crippen molar-refractivity contribution in [1.29, 1.82) is 0 Å². The van der Waals surface area contributed by atoms with Gasteiger partial charge in [-0.3, -0.25) is 0 Å². The van der Waals surface area contributed by atoms with Gasteiger partial charge in [0, 0.05) is 42.8 Å². The molecule has 0 saturated carbocycles. The molecule has 2 aromatic rings. The quantitative estimate of drug-likeness (QED) is 0.488. The summed E-state index contributed by atoms with van der Waals surface area (Å²) in [6, 6.07) is 7.68. The smallest absolute Gasteiger partial charge is 0.328 e. The summed E-state index contributed by atoms with van der Waals surface area (Å²) in [4.78, 5) is 23.3. The number of carbonyl (C=O) groups is 2. The van der Waals surface area contributed by atoms with Gasteiger partial charge in [-0.05, 0) is 45.0 Å². The number of hydrogen-bond acceptors (Lipinski definition) is 6. The Morgan fingerprint density at radius 1 is 1.17 bits per heavy atom. The van der Waals surface area contributed by atoms with Crippen LogP contribution in [0.3, 0.4) is 0 Å². The van der Waals surface area contributed by atoms with Crippen molar-refractivity contribution in [3.05, 3.63) is 55.0 Å². The zero-order valence-corrected chi connectivity index (χ0v) is 16.6.